The minimum absolute atomic E-state index is 0.0654. The second-order valence-electron chi connectivity index (χ2n) is 7.85. The largest absolute Gasteiger partial charge is 0.348 e. The van der Waals surface area contributed by atoms with Gasteiger partial charge in [-0.25, -0.2) is 0 Å². The Morgan fingerprint density at radius 2 is 1.96 bits per heavy atom. The molecule has 0 aromatic carbocycles. The van der Waals surface area contributed by atoms with Crippen LogP contribution in [-0.2, 0) is 6.54 Å². The van der Waals surface area contributed by atoms with Crippen LogP contribution < -0.4 is 0 Å². The Kier molecular flexibility index (Phi) is 4.47. The summed E-state index contributed by atoms with van der Waals surface area (Å²) >= 11 is 0. The van der Waals surface area contributed by atoms with Gasteiger partial charge in [0.15, 0.2) is 0 Å². The van der Waals surface area contributed by atoms with Crippen LogP contribution in [-0.4, -0.2) is 37.1 Å². The zero-order valence-electron chi connectivity index (χ0n) is 15.9. The highest BCUT2D eigenvalue weighted by Crippen LogP contribution is 2.36. The molecule has 28 heavy (non-hydrogen) atoms. The van der Waals surface area contributed by atoms with Crippen molar-refractivity contribution in [2.45, 2.75) is 50.6 Å². The normalized spacial score (nSPS) is 20.1. The van der Waals surface area contributed by atoms with Crippen molar-refractivity contribution in [2.24, 2.45) is 0 Å². The molecule has 3 aromatic rings. The smallest absolute Gasteiger partial charge is 0.258 e. The van der Waals surface area contributed by atoms with Crippen LogP contribution in [0.5, 0.6) is 0 Å². The van der Waals surface area contributed by atoms with Crippen molar-refractivity contribution in [2.75, 3.05) is 6.54 Å². The van der Waals surface area contributed by atoms with Crippen LogP contribution in [0.25, 0.3) is 0 Å². The second kappa shape index (κ2) is 7.26. The summed E-state index contributed by atoms with van der Waals surface area (Å²) in [6.07, 6.45) is 13.5. The van der Waals surface area contributed by atoms with Crippen molar-refractivity contribution in [3.8, 4) is 0 Å². The van der Waals surface area contributed by atoms with Gasteiger partial charge in [0.05, 0.1) is 23.5 Å². The standard InChI is InChI=1S/C22H25N5O/c28-22(18-15-24-25-20(18)16-6-2-1-3-7-16)27-13-12-26-11-5-9-19(26)21(27)17-8-4-10-23-14-17/h4-5,8-11,14-16,21H,1-3,6-7,12-13H2,(H,24,25)/t21-/m1/s1. The van der Waals surface area contributed by atoms with Gasteiger partial charge in [-0.15, -0.1) is 0 Å². The van der Waals surface area contributed by atoms with E-state index in [1.54, 1.807) is 12.4 Å². The minimum Gasteiger partial charge on any atom is -0.348 e. The highest BCUT2D eigenvalue weighted by atomic mass is 16.2. The molecular weight excluding hydrogens is 350 g/mol. The van der Waals surface area contributed by atoms with Crippen molar-refractivity contribution < 1.29 is 4.79 Å². The van der Waals surface area contributed by atoms with E-state index in [0.29, 0.717) is 12.5 Å². The molecule has 0 spiro atoms. The lowest BCUT2D eigenvalue weighted by Crippen LogP contribution is -2.42. The summed E-state index contributed by atoms with van der Waals surface area (Å²) in [5.41, 5.74) is 3.94. The molecule has 5 rings (SSSR count). The van der Waals surface area contributed by atoms with Crippen molar-refractivity contribution in [3.05, 3.63) is 71.6 Å². The topological polar surface area (TPSA) is 66.8 Å². The third-order valence-corrected chi connectivity index (χ3v) is 6.21. The average molecular weight is 375 g/mol. The fourth-order valence-corrected chi connectivity index (χ4v) is 4.81. The van der Waals surface area contributed by atoms with Gasteiger partial charge in [0.25, 0.3) is 5.91 Å². The number of hydrogen-bond donors (Lipinski definition) is 1. The fourth-order valence-electron chi connectivity index (χ4n) is 4.81. The maximum atomic E-state index is 13.7. The van der Waals surface area contributed by atoms with Crippen LogP contribution in [0.3, 0.4) is 0 Å². The monoisotopic (exact) mass is 375 g/mol. The lowest BCUT2D eigenvalue weighted by atomic mass is 9.85. The third kappa shape index (κ3) is 2.93. The molecule has 1 aliphatic heterocycles. The average Bonchev–Trinajstić information content (AvgIpc) is 3.43. The number of amides is 1. The molecule has 0 saturated heterocycles. The minimum atomic E-state index is -0.126. The van der Waals surface area contributed by atoms with E-state index >= 15 is 0 Å². The number of aromatic nitrogens is 4. The van der Waals surface area contributed by atoms with Gasteiger partial charge < -0.3 is 9.47 Å². The van der Waals surface area contributed by atoms with Crippen LogP contribution in [0, 0.1) is 0 Å². The summed E-state index contributed by atoms with van der Waals surface area (Å²) < 4.78 is 2.23. The first-order valence-corrected chi connectivity index (χ1v) is 10.2. The molecule has 0 bridgehead atoms. The molecule has 144 valence electrons. The van der Waals surface area contributed by atoms with Gasteiger partial charge in [-0.1, -0.05) is 25.3 Å². The lowest BCUT2D eigenvalue weighted by molar-refractivity contribution is 0.0662. The predicted octanol–water partition coefficient (Wildman–Crippen LogP) is 3.90. The third-order valence-electron chi connectivity index (χ3n) is 6.21. The highest BCUT2D eigenvalue weighted by Gasteiger charge is 2.35. The number of nitrogens with one attached hydrogen (secondary N) is 1. The number of aromatic amines is 1. The Hall–Kier alpha value is -2.89. The first kappa shape index (κ1) is 17.2. The zero-order chi connectivity index (χ0) is 18.9. The number of H-pyrrole nitrogens is 1. The van der Waals surface area contributed by atoms with Crippen molar-refractivity contribution >= 4 is 5.91 Å². The molecule has 1 amide bonds. The molecule has 6 nitrogen and oxygen atoms in total. The van der Waals surface area contributed by atoms with Crippen LogP contribution in [0.4, 0.5) is 0 Å². The van der Waals surface area contributed by atoms with Crippen molar-refractivity contribution in [3.63, 3.8) is 0 Å². The lowest BCUT2D eigenvalue weighted by Gasteiger charge is -2.37. The molecule has 1 N–H and O–H groups in total. The fraction of sp³-hybridized carbons (Fsp3) is 0.409. The Labute approximate surface area is 164 Å². The Morgan fingerprint density at radius 3 is 2.79 bits per heavy atom. The maximum absolute atomic E-state index is 13.7. The van der Waals surface area contributed by atoms with Gasteiger partial charge in [-0.2, -0.15) is 5.10 Å². The number of carbonyl (C=O) groups is 1. The highest BCUT2D eigenvalue weighted by molar-refractivity contribution is 5.96. The van der Waals surface area contributed by atoms with Gasteiger partial charge in [-0.05, 0) is 36.6 Å². The molecule has 3 aromatic heterocycles. The van der Waals surface area contributed by atoms with E-state index in [1.165, 1.54) is 19.3 Å². The van der Waals surface area contributed by atoms with Gasteiger partial charge in [0.1, 0.15) is 0 Å². The van der Waals surface area contributed by atoms with Crippen molar-refractivity contribution in [1.29, 1.82) is 0 Å². The molecule has 1 atom stereocenters. The van der Waals surface area contributed by atoms with E-state index in [4.69, 9.17) is 0 Å². The van der Waals surface area contributed by atoms with Crippen LogP contribution >= 0.6 is 0 Å². The number of pyridine rings is 1. The first-order valence-electron chi connectivity index (χ1n) is 10.2. The molecular formula is C22H25N5O. The summed E-state index contributed by atoms with van der Waals surface area (Å²) in [5, 5.41) is 7.40. The Morgan fingerprint density at radius 1 is 1.07 bits per heavy atom. The SMILES string of the molecule is O=C(c1cn[nH]c1C1CCCCC1)N1CCn2cccc2[C@H]1c1cccnc1. The predicted molar refractivity (Wildman–Crippen MR) is 106 cm³/mol. The number of rotatable bonds is 3. The van der Waals surface area contributed by atoms with E-state index in [2.05, 4.69) is 44.1 Å². The molecule has 1 fully saturated rings. The summed E-state index contributed by atoms with van der Waals surface area (Å²) in [6.45, 7) is 1.48. The zero-order valence-corrected chi connectivity index (χ0v) is 15.9. The summed E-state index contributed by atoms with van der Waals surface area (Å²) in [7, 11) is 0. The molecule has 0 radical (unpaired) electrons. The van der Waals surface area contributed by atoms with E-state index in [1.807, 2.05) is 17.2 Å². The molecule has 2 aliphatic rings. The maximum Gasteiger partial charge on any atom is 0.258 e. The van der Waals surface area contributed by atoms with Crippen LogP contribution in [0.2, 0.25) is 0 Å². The first-order chi connectivity index (χ1) is 13.8. The summed E-state index contributed by atoms with van der Waals surface area (Å²) in [5.74, 6) is 0.483. The molecule has 1 saturated carbocycles. The number of carbonyl (C=O) groups excluding carboxylic acids is 1. The van der Waals surface area contributed by atoms with E-state index < -0.39 is 0 Å². The van der Waals surface area contributed by atoms with Crippen molar-refractivity contribution in [1.82, 2.24) is 24.6 Å². The number of nitrogens with zero attached hydrogens (tertiary/aromatic N) is 4. The quantitative estimate of drug-likeness (QED) is 0.755. The second-order valence-corrected chi connectivity index (χ2v) is 7.85. The van der Waals surface area contributed by atoms with Gasteiger partial charge >= 0.3 is 0 Å². The molecule has 0 unspecified atom stereocenters. The van der Waals surface area contributed by atoms with E-state index in [0.717, 1.165) is 41.9 Å². The van der Waals surface area contributed by atoms with Gasteiger partial charge in [0, 0.05) is 43.3 Å². The van der Waals surface area contributed by atoms with E-state index in [-0.39, 0.29) is 11.9 Å². The summed E-state index contributed by atoms with van der Waals surface area (Å²) in [4.78, 5) is 20.0. The number of hydrogen-bond acceptors (Lipinski definition) is 3. The van der Waals surface area contributed by atoms with Crippen LogP contribution in [0.15, 0.2) is 49.1 Å². The molecule has 6 heteroatoms. The Bertz CT molecular complexity index is 954. The number of fused-ring (bicyclic) bond motifs is 1. The summed E-state index contributed by atoms with van der Waals surface area (Å²) in [6, 6.07) is 8.02. The molecule has 4 heterocycles. The Balaban J connectivity index is 1.52. The van der Waals surface area contributed by atoms with Crippen LogP contribution in [0.1, 0.15) is 71.4 Å². The van der Waals surface area contributed by atoms with E-state index in [9.17, 15) is 4.79 Å². The van der Waals surface area contributed by atoms with Gasteiger partial charge in [0.2, 0.25) is 0 Å². The molecule has 1 aliphatic carbocycles. The van der Waals surface area contributed by atoms with Gasteiger partial charge in [-0.3, -0.25) is 14.9 Å².